The van der Waals surface area contributed by atoms with Crippen molar-refractivity contribution in [1.82, 2.24) is 25.4 Å². The first-order chi connectivity index (χ1) is 19.1. The second kappa shape index (κ2) is 13.6. The van der Waals surface area contributed by atoms with E-state index in [1.165, 1.54) is 0 Å². The zero-order valence-electron chi connectivity index (χ0n) is 24.0. The highest BCUT2D eigenvalue weighted by molar-refractivity contribution is 6.28. The largest absolute Gasteiger partial charge is 0.352 e. The number of rotatable bonds is 12. The second-order valence-corrected chi connectivity index (χ2v) is 12.5. The average molecular weight is 584 g/mol. The molecule has 2 aliphatic heterocycles. The van der Waals surface area contributed by atoms with E-state index in [0.29, 0.717) is 44.9 Å². The summed E-state index contributed by atoms with van der Waals surface area (Å²) in [5.41, 5.74) is 5.13. The summed E-state index contributed by atoms with van der Waals surface area (Å²) in [4.78, 5) is 43.1. The summed E-state index contributed by atoms with van der Waals surface area (Å²) in [6.45, 7) is 6.06. The number of hydrazine groups is 1. The summed E-state index contributed by atoms with van der Waals surface area (Å²) in [6.07, 6.45) is 7.55. The van der Waals surface area contributed by atoms with E-state index in [1.54, 1.807) is 0 Å². The van der Waals surface area contributed by atoms with Gasteiger partial charge in [0.05, 0.1) is 12.5 Å². The van der Waals surface area contributed by atoms with Crippen LogP contribution in [0.4, 0.5) is 16.0 Å². The molecule has 3 aliphatic rings. The van der Waals surface area contributed by atoms with Crippen LogP contribution in [0, 0.1) is 23.1 Å². The van der Waals surface area contributed by atoms with Crippen molar-refractivity contribution in [3.8, 4) is 0 Å². The molecule has 0 aromatic carbocycles. The van der Waals surface area contributed by atoms with Crippen molar-refractivity contribution >= 4 is 35.6 Å². The van der Waals surface area contributed by atoms with Crippen LogP contribution in [0.1, 0.15) is 65.2 Å². The van der Waals surface area contributed by atoms with Crippen LogP contribution in [-0.2, 0) is 19.2 Å². The van der Waals surface area contributed by atoms with Crippen LogP contribution < -0.4 is 15.8 Å². The summed E-state index contributed by atoms with van der Waals surface area (Å²) in [7, 11) is 4.01. The first-order valence-corrected chi connectivity index (χ1v) is 14.7. The van der Waals surface area contributed by atoms with E-state index in [4.69, 9.17) is 21.2 Å². The molecule has 0 spiro atoms. The van der Waals surface area contributed by atoms with Crippen LogP contribution >= 0.6 is 11.6 Å². The molecule has 3 heterocycles. The Balaban J connectivity index is 1.44. The van der Waals surface area contributed by atoms with Gasteiger partial charge < -0.3 is 14.5 Å². The number of nitrogens with one attached hydrogen (secondary N) is 2. The van der Waals surface area contributed by atoms with Crippen molar-refractivity contribution in [3.63, 3.8) is 0 Å². The average Bonchev–Trinajstić information content (AvgIpc) is 3.55. The van der Waals surface area contributed by atoms with Crippen LogP contribution in [0.25, 0.3) is 0 Å². The van der Waals surface area contributed by atoms with Gasteiger partial charge >= 0.3 is 0 Å². The SMILES string of the molecule is CN(C)C1CN(c2nc(Cl)nc(NNC(=O)[C@@H](CC3CCCC3)CN(C=O)OC3CCCCO3)c2F)CC1(C)C. The van der Waals surface area contributed by atoms with E-state index in [-0.39, 0.29) is 34.9 Å². The summed E-state index contributed by atoms with van der Waals surface area (Å²) < 4.78 is 21.2. The Bertz CT molecular complexity index is 1020. The molecular formula is C27H43ClFN7O4. The molecule has 2 N–H and O–H groups in total. The van der Waals surface area contributed by atoms with Crippen molar-refractivity contribution in [2.75, 3.05) is 50.7 Å². The number of likely N-dealkylation sites (N-methyl/N-ethyl adjacent to an activating group) is 1. The van der Waals surface area contributed by atoms with Crippen molar-refractivity contribution in [2.45, 2.75) is 77.5 Å². The number of hydroxylamine groups is 2. The van der Waals surface area contributed by atoms with Gasteiger partial charge in [0, 0.05) is 32.2 Å². The van der Waals surface area contributed by atoms with E-state index in [2.05, 4.69) is 39.6 Å². The van der Waals surface area contributed by atoms with Crippen LogP contribution in [-0.4, -0.2) is 84.9 Å². The number of nitrogens with zero attached hydrogens (tertiary/aromatic N) is 5. The minimum Gasteiger partial charge on any atom is -0.352 e. The van der Waals surface area contributed by atoms with Gasteiger partial charge in [-0.15, -0.1) is 0 Å². The molecule has 1 aromatic rings. The molecule has 2 amide bonds. The van der Waals surface area contributed by atoms with Gasteiger partial charge in [0.15, 0.2) is 17.9 Å². The topological polar surface area (TPSA) is 112 Å². The predicted molar refractivity (Wildman–Crippen MR) is 150 cm³/mol. The van der Waals surface area contributed by atoms with Gasteiger partial charge in [0.1, 0.15) is 0 Å². The first-order valence-electron chi connectivity index (χ1n) is 14.3. The molecule has 3 atom stereocenters. The molecule has 1 saturated carbocycles. The van der Waals surface area contributed by atoms with Crippen molar-refractivity contribution in [1.29, 1.82) is 0 Å². The van der Waals surface area contributed by atoms with Gasteiger partial charge in [-0.05, 0) is 56.3 Å². The van der Waals surface area contributed by atoms with Gasteiger partial charge in [-0.1, -0.05) is 39.5 Å². The Labute approximate surface area is 241 Å². The van der Waals surface area contributed by atoms with E-state index < -0.39 is 23.9 Å². The molecular weight excluding hydrogens is 541 g/mol. The third-order valence-corrected chi connectivity index (χ3v) is 8.47. The maximum Gasteiger partial charge on any atom is 0.243 e. The van der Waals surface area contributed by atoms with E-state index in [1.807, 2.05) is 19.0 Å². The van der Waals surface area contributed by atoms with Crippen molar-refractivity contribution < 1.29 is 23.6 Å². The Morgan fingerprint density at radius 3 is 2.60 bits per heavy atom. The second-order valence-electron chi connectivity index (χ2n) is 12.1. The molecule has 2 saturated heterocycles. The number of halogens is 2. The number of amides is 2. The Morgan fingerprint density at radius 1 is 1.25 bits per heavy atom. The highest BCUT2D eigenvalue weighted by Crippen LogP contribution is 2.37. The number of anilines is 2. The number of aromatic nitrogens is 2. The molecule has 1 aromatic heterocycles. The minimum atomic E-state index is -0.695. The molecule has 13 heteroatoms. The smallest absolute Gasteiger partial charge is 0.243 e. The van der Waals surface area contributed by atoms with E-state index in [9.17, 15) is 9.59 Å². The number of ether oxygens (including phenoxy) is 1. The maximum absolute atomic E-state index is 15.6. The Kier molecular flexibility index (Phi) is 10.4. The molecule has 40 heavy (non-hydrogen) atoms. The van der Waals surface area contributed by atoms with Crippen LogP contribution in [0.5, 0.6) is 0 Å². The molecule has 0 bridgehead atoms. The fourth-order valence-electron chi connectivity index (χ4n) is 6.25. The first kappa shape index (κ1) is 30.7. The molecule has 224 valence electrons. The van der Waals surface area contributed by atoms with Crippen LogP contribution in [0.15, 0.2) is 0 Å². The highest BCUT2D eigenvalue weighted by Gasteiger charge is 2.42. The lowest BCUT2D eigenvalue weighted by molar-refractivity contribution is -0.276. The van der Waals surface area contributed by atoms with Gasteiger partial charge in [-0.2, -0.15) is 14.4 Å². The highest BCUT2D eigenvalue weighted by atomic mass is 35.5. The Morgan fingerprint density at radius 2 is 1.98 bits per heavy atom. The quantitative estimate of drug-likeness (QED) is 0.216. The molecule has 2 unspecified atom stereocenters. The van der Waals surface area contributed by atoms with Gasteiger partial charge in [0.25, 0.3) is 0 Å². The van der Waals surface area contributed by atoms with Gasteiger partial charge in [-0.25, -0.2) is 9.90 Å². The molecule has 11 nitrogen and oxygen atoms in total. The number of carbonyl (C=O) groups is 2. The summed E-state index contributed by atoms with van der Waals surface area (Å²) in [5, 5.41) is 1.01. The van der Waals surface area contributed by atoms with Crippen LogP contribution in [0.3, 0.4) is 0 Å². The normalized spacial score (nSPS) is 23.8. The van der Waals surface area contributed by atoms with E-state index in [0.717, 1.165) is 43.6 Å². The number of hydrogen-bond acceptors (Lipinski definition) is 9. The fraction of sp³-hybridized carbons (Fsp3) is 0.778. The third-order valence-electron chi connectivity index (χ3n) is 8.30. The number of hydrogen-bond donors (Lipinski definition) is 2. The van der Waals surface area contributed by atoms with Crippen LogP contribution in [0.2, 0.25) is 5.28 Å². The summed E-state index contributed by atoms with van der Waals surface area (Å²) >= 11 is 6.19. The molecule has 4 rings (SSSR count). The van der Waals surface area contributed by atoms with Crippen molar-refractivity contribution in [3.05, 3.63) is 11.1 Å². The standard InChI is InChI=1S/C27H43ClFN7O4/c1-27(2)16-35(15-20(27)34(3)4)24-22(29)23(30-26(28)31-24)32-33-25(38)19(13-18-9-5-6-10-18)14-36(17-37)40-21-11-7-8-12-39-21/h17-21H,5-16H2,1-4H3,(H,33,38)(H,30,31,32)/t19-,20?,21?/m0/s1. The lowest BCUT2D eigenvalue weighted by Crippen LogP contribution is -2.43. The lowest BCUT2D eigenvalue weighted by atomic mass is 9.87. The monoisotopic (exact) mass is 583 g/mol. The zero-order valence-corrected chi connectivity index (χ0v) is 24.8. The molecule has 3 fully saturated rings. The maximum atomic E-state index is 15.6. The van der Waals surface area contributed by atoms with E-state index >= 15 is 4.39 Å². The van der Waals surface area contributed by atoms with Gasteiger partial charge in [0.2, 0.25) is 23.4 Å². The minimum absolute atomic E-state index is 0.0560. The number of carbonyl (C=O) groups excluding carboxylic acids is 2. The molecule has 1 aliphatic carbocycles. The predicted octanol–water partition coefficient (Wildman–Crippen LogP) is 3.60. The zero-order chi connectivity index (χ0) is 28.9. The summed E-state index contributed by atoms with van der Waals surface area (Å²) in [6, 6.07) is 0.190. The fourth-order valence-corrected chi connectivity index (χ4v) is 6.42. The Hall–Kier alpha value is -2.28. The molecule has 0 radical (unpaired) electrons. The lowest BCUT2D eigenvalue weighted by Gasteiger charge is -2.30. The third kappa shape index (κ3) is 7.71. The van der Waals surface area contributed by atoms with Gasteiger partial charge in [-0.3, -0.25) is 20.4 Å². The summed E-state index contributed by atoms with van der Waals surface area (Å²) in [5.74, 6) is -1.42. The van der Waals surface area contributed by atoms with Crippen molar-refractivity contribution in [2.24, 2.45) is 17.3 Å².